The lowest BCUT2D eigenvalue weighted by Gasteiger charge is -2.08. The number of hydrogen-bond acceptors (Lipinski definition) is 6. The van der Waals surface area contributed by atoms with Crippen LogP contribution in [0.3, 0.4) is 0 Å². The molecule has 0 unspecified atom stereocenters. The smallest absolute Gasteiger partial charge is 0.142 e. The molecule has 118 valence electrons. The van der Waals surface area contributed by atoms with Crippen LogP contribution in [0.25, 0.3) is 11.4 Å². The average Bonchev–Trinajstić information content (AvgIpc) is 3.03. The van der Waals surface area contributed by atoms with Crippen molar-refractivity contribution in [3.63, 3.8) is 0 Å². The predicted octanol–water partition coefficient (Wildman–Crippen LogP) is 2.75. The fourth-order valence-electron chi connectivity index (χ4n) is 2.19. The van der Waals surface area contributed by atoms with Crippen molar-refractivity contribution >= 4 is 17.0 Å². The maximum Gasteiger partial charge on any atom is 0.142 e. The molecule has 3 rings (SSSR count). The van der Waals surface area contributed by atoms with Crippen LogP contribution in [0, 0.1) is 0 Å². The Hall–Kier alpha value is -2.44. The third kappa shape index (κ3) is 3.85. The van der Waals surface area contributed by atoms with Gasteiger partial charge < -0.3 is 15.6 Å². The summed E-state index contributed by atoms with van der Waals surface area (Å²) in [7, 11) is 0. The van der Waals surface area contributed by atoms with Crippen molar-refractivity contribution in [1.29, 1.82) is 0 Å². The van der Waals surface area contributed by atoms with Gasteiger partial charge in [-0.2, -0.15) is 0 Å². The summed E-state index contributed by atoms with van der Waals surface area (Å²) in [6.07, 6.45) is 2.47. The van der Waals surface area contributed by atoms with Crippen LogP contribution in [0.5, 0.6) is 5.75 Å². The molecule has 6 heteroatoms. The highest BCUT2D eigenvalue weighted by atomic mass is 32.1. The molecule has 0 atom stereocenters. The Labute approximate surface area is 138 Å². The number of rotatable bonds is 6. The van der Waals surface area contributed by atoms with Crippen molar-refractivity contribution in [2.24, 2.45) is 0 Å². The monoisotopic (exact) mass is 327 g/mol. The van der Waals surface area contributed by atoms with Crippen molar-refractivity contribution in [3.05, 3.63) is 58.5 Å². The molecular formula is C17H17N3O2S. The van der Waals surface area contributed by atoms with Gasteiger partial charge in [0.15, 0.2) is 0 Å². The van der Waals surface area contributed by atoms with Gasteiger partial charge in [-0.25, -0.2) is 4.98 Å². The highest BCUT2D eigenvalue weighted by Gasteiger charge is 2.08. The molecule has 0 spiro atoms. The molecule has 2 heterocycles. The fraction of sp³-hybridized carbons (Fsp3) is 0.176. The minimum Gasteiger partial charge on any atom is -0.489 e. The SMILES string of the molecule is Nc1cc(Cc2nc(-c3ccccn3)cs2)ccc1OCCO. The van der Waals surface area contributed by atoms with E-state index in [4.69, 9.17) is 15.6 Å². The zero-order valence-corrected chi connectivity index (χ0v) is 13.3. The van der Waals surface area contributed by atoms with Crippen LogP contribution < -0.4 is 10.5 Å². The Morgan fingerprint density at radius 2 is 2.09 bits per heavy atom. The van der Waals surface area contributed by atoms with Gasteiger partial charge in [0, 0.05) is 18.0 Å². The van der Waals surface area contributed by atoms with E-state index < -0.39 is 0 Å². The summed E-state index contributed by atoms with van der Waals surface area (Å²) in [5, 5.41) is 11.8. The van der Waals surface area contributed by atoms with Crippen LogP contribution in [-0.2, 0) is 6.42 Å². The van der Waals surface area contributed by atoms with Crippen molar-refractivity contribution < 1.29 is 9.84 Å². The maximum atomic E-state index is 8.79. The highest BCUT2D eigenvalue weighted by Crippen LogP contribution is 2.26. The molecule has 0 aliphatic heterocycles. The van der Waals surface area contributed by atoms with Gasteiger partial charge in [0.2, 0.25) is 0 Å². The number of nitrogens with two attached hydrogens (primary N) is 1. The summed E-state index contributed by atoms with van der Waals surface area (Å²) in [5.41, 5.74) is 9.38. The van der Waals surface area contributed by atoms with E-state index in [0.717, 1.165) is 22.0 Å². The summed E-state index contributed by atoms with van der Waals surface area (Å²) >= 11 is 1.61. The number of anilines is 1. The minimum atomic E-state index is -0.0311. The molecule has 0 fully saturated rings. The van der Waals surface area contributed by atoms with Gasteiger partial charge in [-0.15, -0.1) is 11.3 Å². The zero-order valence-electron chi connectivity index (χ0n) is 12.5. The summed E-state index contributed by atoms with van der Waals surface area (Å²) in [4.78, 5) is 8.94. The number of nitrogens with zero attached hydrogens (tertiary/aromatic N) is 2. The molecule has 0 radical (unpaired) electrons. The number of pyridine rings is 1. The van der Waals surface area contributed by atoms with Crippen molar-refractivity contribution in [3.8, 4) is 17.1 Å². The van der Waals surface area contributed by atoms with Crippen LogP contribution in [-0.4, -0.2) is 28.3 Å². The Kier molecular flexibility index (Phi) is 4.85. The molecule has 3 aromatic rings. The zero-order chi connectivity index (χ0) is 16.1. The Balaban J connectivity index is 1.73. The number of benzene rings is 1. The largest absolute Gasteiger partial charge is 0.489 e. The van der Waals surface area contributed by atoms with E-state index in [9.17, 15) is 0 Å². The molecule has 1 aromatic carbocycles. The summed E-state index contributed by atoms with van der Waals surface area (Å²) < 4.78 is 5.36. The Morgan fingerprint density at radius 1 is 1.17 bits per heavy atom. The molecule has 23 heavy (non-hydrogen) atoms. The first-order chi connectivity index (χ1) is 11.3. The summed E-state index contributed by atoms with van der Waals surface area (Å²) in [6, 6.07) is 11.5. The molecule has 0 saturated heterocycles. The van der Waals surface area contributed by atoms with E-state index >= 15 is 0 Å². The first-order valence-corrected chi connectivity index (χ1v) is 8.12. The highest BCUT2D eigenvalue weighted by molar-refractivity contribution is 7.10. The van der Waals surface area contributed by atoms with Gasteiger partial charge in [-0.05, 0) is 29.8 Å². The summed E-state index contributed by atoms with van der Waals surface area (Å²) in [6.45, 7) is 0.208. The van der Waals surface area contributed by atoms with Crippen molar-refractivity contribution in [2.75, 3.05) is 18.9 Å². The van der Waals surface area contributed by atoms with Crippen LogP contribution >= 0.6 is 11.3 Å². The first-order valence-electron chi connectivity index (χ1n) is 7.24. The van der Waals surface area contributed by atoms with E-state index in [2.05, 4.69) is 9.97 Å². The van der Waals surface area contributed by atoms with Gasteiger partial charge in [0.05, 0.1) is 28.7 Å². The Morgan fingerprint density at radius 3 is 2.83 bits per heavy atom. The molecule has 2 aromatic heterocycles. The Bertz CT molecular complexity index is 775. The van der Waals surface area contributed by atoms with Crippen LogP contribution in [0.2, 0.25) is 0 Å². The second kappa shape index (κ2) is 7.21. The van der Waals surface area contributed by atoms with Gasteiger partial charge in [-0.3, -0.25) is 4.98 Å². The molecule has 0 saturated carbocycles. The predicted molar refractivity (Wildman–Crippen MR) is 91.6 cm³/mol. The third-order valence-electron chi connectivity index (χ3n) is 3.26. The number of hydrogen-bond donors (Lipinski definition) is 2. The van der Waals surface area contributed by atoms with E-state index in [-0.39, 0.29) is 13.2 Å². The average molecular weight is 327 g/mol. The van der Waals surface area contributed by atoms with Gasteiger partial charge in [-0.1, -0.05) is 12.1 Å². The lowest BCUT2D eigenvalue weighted by Crippen LogP contribution is -2.04. The topological polar surface area (TPSA) is 81.3 Å². The lowest BCUT2D eigenvalue weighted by atomic mass is 10.1. The van der Waals surface area contributed by atoms with E-state index in [1.165, 1.54) is 0 Å². The fourth-order valence-corrected chi connectivity index (χ4v) is 3.02. The van der Waals surface area contributed by atoms with E-state index in [1.54, 1.807) is 17.5 Å². The second-order valence-electron chi connectivity index (χ2n) is 4.96. The quantitative estimate of drug-likeness (QED) is 0.680. The number of aliphatic hydroxyl groups excluding tert-OH is 1. The standard InChI is InChI=1S/C17H17N3O2S/c18-13-9-12(4-5-16(13)22-8-7-21)10-17-20-15(11-23-17)14-3-1-2-6-19-14/h1-6,9,11,21H,7-8,10,18H2. The van der Waals surface area contributed by atoms with E-state index in [1.807, 2.05) is 41.8 Å². The number of thiazole rings is 1. The van der Waals surface area contributed by atoms with E-state index in [0.29, 0.717) is 17.9 Å². The maximum absolute atomic E-state index is 8.79. The van der Waals surface area contributed by atoms with Crippen LogP contribution in [0.1, 0.15) is 10.6 Å². The van der Waals surface area contributed by atoms with Crippen molar-refractivity contribution in [1.82, 2.24) is 9.97 Å². The normalized spacial score (nSPS) is 10.7. The molecule has 0 aliphatic carbocycles. The van der Waals surface area contributed by atoms with Gasteiger partial charge in [0.25, 0.3) is 0 Å². The molecule has 3 N–H and O–H groups in total. The van der Waals surface area contributed by atoms with Crippen LogP contribution in [0.15, 0.2) is 48.0 Å². The summed E-state index contributed by atoms with van der Waals surface area (Å²) in [5.74, 6) is 0.594. The number of ether oxygens (including phenoxy) is 1. The lowest BCUT2D eigenvalue weighted by molar-refractivity contribution is 0.202. The minimum absolute atomic E-state index is 0.0311. The first kappa shape index (κ1) is 15.5. The molecule has 5 nitrogen and oxygen atoms in total. The molecular weight excluding hydrogens is 310 g/mol. The molecule has 0 bridgehead atoms. The van der Waals surface area contributed by atoms with Gasteiger partial charge in [0.1, 0.15) is 12.4 Å². The number of aromatic nitrogens is 2. The van der Waals surface area contributed by atoms with Crippen LogP contribution in [0.4, 0.5) is 5.69 Å². The van der Waals surface area contributed by atoms with Gasteiger partial charge >= 0.3 is 0 Å². The second-order valence-corrected chi connectivity index (χ2v) is 5.91. The van der Waals surface area contributed by atoms with Crippen molar-refractivity contribution in [2.45, 2.75) is 6.42 Å². The number of aliphatic hydroxyl groups is 1. The third-order valence-corrected chi connectivity index (χ3v) is 4.11. The number of nitrogen functional groups attached to an aromatic ring is 1. The molecule has 0 amide bonds. The molecule has 0 aliphatic rings.